The lowest BCUT2D eigenvalue weighted by Gasteiger charge is -2.33. The fourth-order valence-corrected chi connectivity index (χ4v) is 5.44. The van der Waals surface area contributed by atoms with E-state index in [0.717, 1.165) is 27.3 Å². The Hall–Kier alpha value is -3.07. The van der Waals surface area contributed by atoms with Crippen LogP contribution in [0, 0.1) is 6.92 Å². The second-order valence-electron chi connectivity index (χ2n) is 8.97. The summed E-state index contributed by atoms with van der Waals surface area (Å²) < 4.78 is 26.5. The third kappa shape index (κ3) is 7.96. The maximum atomic E-state index is 13.9. The van der Waals surface area contributed by atoms with Gasteiger partial charge in [-0.3, -0.25) is 13.9 Å². The molecular formula is C28H31Cl2N3O4S. The van der Waals surface area contributed by atoms with Gasteiger partial charge in [-0.05, 0) is 43.2 Å². The Morgan fingerprint density at radius 1 is 0.947 bits per heavy atom. The van der Waals surface area contributed by atoms with Gasteiger partial charge in [0.1, 0.15) is 12.6 Å². The van der Waals surface area contributed by atoms with E-state index in [1.807, 2.05) is 61.5 Å². The first-order valence-electron chi connectivity index (χ1n) is 12.1. The summed E-state index contributed by atoms with van der Waals surface area (Å²) in [5.74, 6) is -0.874. The van der Waals surface area contributed by atoms with Crippen LogP contribution in [0.3, 0.4) is 0 Å². The maximum absolute atomic E-state index is 13.9. The van der Waals surface area contributed by atoms with Crippen molar-refractivity contribution >= 4 is 50.7 Å². The number of nitrogens with one attached hydrogen (secondary N) is 1. The molecule has 0 aliphatic carbocycles. The minimum Gasteiger partial charge on any atom is -0.355 e. The second kappa shape index (κ2) is 13.1. The average Bonchev–Trinajstić information content (AvgIpc) is 2.86. The minimum absolute atomic E-state index is 0.0883. The number of carbonyl (C=O) groups excluding carboxylic acids is 2. The molecule has 10 heteroatoms. The molecular weight excluding hydrogens is 545 g/mol. The van der Waals surface area contributed by atoms with E-state index in [0.29, 0.717) is 11.6 Å². The van der Waals surface area contributed by atoms with Gasteiger partial charge in [0.05, 0.1) is 17.0 Å². The molecule has 3 aromatic rings. The van der Waals surface area contributed by atoms with Crippen LogP contribution in [0.4, 0.5) is 5.69 Å². The quantitative estimate of drug-likeness (QED) is 0.354. The average molecular weight is 577 g/mol. The lowest BCUT2D eigenvalue weighted by molar-refractivity contribution is -0.140. The molecule has 0 aliphatic rings. The molecule has 0 radical (unpaired) electrons. The zero-order valence-corrected chi connectivity index (χ0v) is 23.9. The molecule has 3 aromatic carbocycles. The second-order valence-corrected chi connectivity index (χ2v) is 11.7. The smallest absolute Gasteiger partial charge is 0.244 e. The highest BCUT2D eigenvalue weighted by Gasteiger charge is 2.33. The maximum Gasteiger partial charge on any atom is 0.244 e. The molecule has 0 fully saturated rings. The Morgan fingerprint density at radius 2 is 1.61 bits per heavy atom. The van der Waals surface area contributed by atoms with Crippen molar-refractivity contribution in [1.82, 2.24) is 10.2 Å². The first-order chi connectivity index (χ1) is 18.0. The van der Waals surface area contributed by atoms with Gasteiger partial charge in [0, 0.05) is 24.5 Å². The highest BCUT2D eigenvalue weighted by molar-refractivity contribution is 7.92. The third-order valence-electron chi connectivity index (χ3n) is 5.95. The summed E-state index contributed by atoms with van der Waals surface area (Å²) in [7, 11) is -3.92. The van der Waals surface area contributed by atoms with Crippen LogP contribution in [0.2, 0.25) is 10.0 Å². The van der Waals surface area contributed by atoms with Crippen molar-refractivity contribution in [2.75, 3.05) is 23.7 Å². The molecule has 1 unspecified atom stereocenters. The van der Waals surface area contributed by atoms with Crippen LogP contribution in [-0.2, 0) is 32.6 Å². The highest BCUT2D eigenvalue weighted by atomic mass is 35.5. The van der Waals surface area contributed by atoms with Gasteiger partial charge in [0.25, 0.3) is 0 Å². The van der Waals surface area contributed by atoms with Crippen LogP contribution in [0.5, 0.6) is 0 Å². The Balaban J connectivity index is 2.05. The van der Waals surface area contributed by atoms with Crippen LogP contribution in [0.25, 0.3) is 0 Å². The topological polar surface area (TPSA) is 86.8 Å². The Kier molecular flexibility index (Phi) is 10.2. The summed E-state index contributed by atoms with van der Waals surface area (Å²) in [5.41, 5.74) is 2.85. The van der Waals surface area contributed by atoms with Crippen molar-refractivity contribution in [2.45, 2.75) is 32.9 Å². The van der Waals surface area contributed by atoms with E-state index in [9.17, 15) is 18.0 Å². The molecule has 0 aromatic heterocycles. The van der Waals surface area contributed by atoms with Gasteiger partial charge in [0.2, 0.25) is 21.8 Å². The fourth-order valence-electron chi connectivity index (χ4n) is 4.01. The molecule has 3 rings (SSSR count). The van der Waals surface area contributed by atoms with E-state index in [1.165, 1.54) is 23.1 Å². The molecule has 2 amide bonds. The lowest BCUT2D eigenvalue weighted by Crippen LogP contribution is -2.53. The highest BCUT2D eigenvalue weighted by Crippen LogP contribution is 2.30. The van der Waals surface area contributed by atoms with Crippen molar-refractivity contribution < 1.29 is 18.0 Å². The Bertz CT molecular complexity index is 1370. The largest absolute Gasteiger partial charge is 0.355 e. The number of anilines is 1. The molecule has 0 heterocycles. The van der Waals surface area contributed by atoms with Crippen LogP contribution < -0.4 is 9.62 Å². The number of benzene rings is 3. The first-order valence-corrected chi connectivity index (χ1v) is 14.7. The number of carbonyl (C=O) groups is 2. The molecule has 0 saturated carbocycles. The molecule has 0 saturated heterocycles. The Morgan fingerprint density at radius 3 is 2.18 bits per heavy atom. The summed E-state index contributed by atoms with van der Waals surface area (Å²) in [5, 5.41) is 3.25. The molecule has 0 aliphatic heterocycles. The van der Waals surface area contributed by atoms with E-state index in [4.69, 9.17) is 23.2 Å². The minimum atomic E-state index is -3.92. The number of nitrogens with zero attached hydrogens (tertiary/aromatic N) is 2. The summed E-state index contributed by atoms with van der Waals surface area (Å²) in [6, 6.07) is 20.5. The van der Waals surface area contributed by atoms with Crippen molar-refractivity contribution in [1.29, 1.82) is 0 Å². The van der Waals surface area contributed by atoms with Gasteiger partial charge < -0.3 is 10.2 Å². The predicted molar refractivity (Wildman–Crippen MR) is 153 cm³/mol. The predicted octanol–water partition coefficient (Wildman–Crippen LogP) is 4.84. The molecule has 7 nitrogen and oxygen atoms in total. The number of rotatable bonds is 11. The van der Waals surface area contributed by atoms with E-state index in [2.05, 4.69) is 5.32 Å². The SMILES string of the molecule is CCNC(=O)C(Cc1ccccc1)N(Cc1ccc(C)cc1)C(=O)CN(c1ccc(Cl)cc1Cl)S(C)(=O)=O. The fraction of sp³-hybridized carbons (Fsp3) is 0.286. The number of aryl methyl sites for hydroxylation is 1. The van der Waals surface area contributed by atoms with Crippen molar-refractivity contribution in [3.05, 3.63) is 99.5 Å². The number of sulfonamides is 1. The number of hydrogen-bond acceptors (Lipinski definition) is 4. The van der Waals surface area contributed by atoms with Gasteiger partial charge in [-0.25, -0.2) is 8.42 Å². The zero-order valence-electron chi connectivity index (χ0n) is 21.5. The standard InChI is InChI=1S/C28H31Cl2N3O4S/c1-4-31-28(35)26(16-21-8-6-5-7-9-21)32(18-22-12-10-20(2)11-13-22)27(34)19-33(38(3,36)37)25-15-14-23(29)17-24(25)30/h5-15,17,26H,4,16,18-19H2,1-3H3,(H,31,35). The van der Waals surface area contributed by atoms with Gasteiger partial charge in [-0.15, -0.1) is 0 Å². The van der Waals surface area contributed by atoms with Gasteiger partial charge >= 0.3 is 0 Å². The molecule has 0 spiro atoms. The molecule has 0 bridgehead atoms. The Labute approximate surface area is 234 Å². The van der Waals surface area contributed by atoms with Crippen molar-refractivity contribution in [3.63, 3.8) is 0 Å². The number of hydrogen-bond donors (Lipinski definition) is 1. The summed E-state index contributed by atoms with van der Waals surface area (Å²) in [6.45, 7) is 3.71. The number of amides is 2. The number of likely N-dealkylation sites (N-methyl/N-ethyl adjacent to an activating group) is 1. The van der Waals surface area contributed by atoms with Crippen LogP contribution in [0.15, 0.2) is 72.8 Å². The number of halogens is 2. The van der Waals surface area contributed by atoms with Gasteiger partial charge in [0.15, 0.2) is 0 Å². The van der Waals surface area contributed by atoms with Crippen molar-refractivity contribution in [2.24, 2.45) is 0 Å². The molecule has 1 N–H and O–H groups in total. The normalized spacial score (nSPS) is 12.0. The van der Waals surface area contributed by atoms with Crippen LogP contribution in [0.1, 0.15) is 23.6 Å². The molecule has 202 valence electrons. The van der Waals surface area contributed by atoms with Gasteiger partial charge in [-0.2, -0.15) is 0 Å². The summed E-state index contributed by atoms with van der Waals surface area (Å²) >= 11 is 12.3. The monoisotopic (exact) mass is 575 g/mol. The van der Waals surface area contributed by atoms with E-state index < -0.39 is 28.5 Å². The lowest BCUT2D eigenvalue weighted by atomic mass is 10.0. The van der Waals surface area contributed by atoms with E-state index in [1.54, 1.807) is 6.92 Å². The van der Waals surface area contributed by atoms with Crippen molar-refractivity contribution in [3.8, 4) is 0 Å². The first kappa shape index (κ1) is 29.5. The summed E-state index contributed by atoms with van der Waals surface area (Å²) in [4.78, 5) is 28.7. The van der Waals surface area contributed by atoms with Crippen LogP contribution >= 0.6 is 23.2 Å². The summed E-state index contributed by atoms with van der Waals surface area (Å²) in [6.07, 6.45) is 1.26. The van der Waals surface area contributed by atoms with E-state index >= 15 is 0 Å². The van der Waals surface area contributed by atoms with E-state index in [-0.39, 0.29) is 29.6 Å². The molecule has 1 atom stereocenters. The van der Waals surface area contributed by atoms with Gasteiger partial charge in [-0.1, -0.05) is 83.4 Å². The zero-order chi connectivity index (χ0) is 27.9. The third-order valence-corrected chi connectivity index (χ3v) is 7.62. The molecule has 38 heavy (non-hydrogen) atoms. The van der Waals surface area contributed by atoms with Crippen LogP contribution in [-0.4, -0.2) is 50.5 Å².